The van der Waals surface area contributed by atoms with Crippen molar-refractivity contribution >= 4 is 27.5 Å². The minimum absolute atomic E-state index is 0.203. The van der Waals surface area contributed by atoms with Gasteiger partial charge in [-0.1, -0.05) is 24.6 Å². The van der Waals surface area contributed by atoms with Gasteiger partial charge in [-0.3, -0.25) is 4.90 Å². The lowest BCUT2D eigenvalue weighted by atomic mass is 10.2. The highest BCUT2D eigenvalue weighted by atomic mass is 79.9. The van der Waals surface area contributed by atoms with E-state index in [0.29, 0.717) is 6.54 Å². The third-order valence-corrected chi connectivity index (χ3v) is 3.56. The molecule has 0 saturated carbocycles. The highest BCUT2D eigenvalue weighted by Gasteiger charge is 2.05. The first-order valence-electron chi connectivity index (χ1n) is 5.44. The smallest absolute Gasteiger partial charge is 0.0558 e. The number of nitrogens with zero attached hydrogens (tertiary/aromatic N) is 1. The molecule has 2 nitrogen and oxygen atoms in total. The van der Waals surface area contributed by atoms with Crippen LogP contribution in [0.2, 0.25) is 5.02 Å². The number of halogens is 2. The van der Waals surface area contributed by atoms with E-state index in [9.17, 15) is 0 Å². The zero-order chi connectivity index (χ0) is 12.0. The first kappa shape index (κ1) is 14.0. The van der Waals surface area contributed by atoms with Gasteiger partial charge in [-0.2, -0.15) is 0 Å². The van der Waals surface area contributed by atoms with Crippen molar-refractivity contribution in [3.63, 3.8) is 0 Å². The molecule has 0 spiro atoms. The molecular formula is C12H17BrClNO. The Morgan fingerprint density at radius 1 is 1.38 bits per heavy atom. The first-order valence-corrected chi connectivity index (χ1v) is 6.61. The van der Waals surface area contributed by atoms with Gasteiger partial charge in [-0.25, -0.2) is 0 Å². The van der Waals surface area contributed by atoms with Crippen LogP contribution >= 0.6 is 27.5 Å². The van der Waals surface area contributed by atoms with Crippen LogP contribution in [0, 0.1) is 0 Å². The first-order chi connectivity index (χ1) is 7.67. The Bertz CT molecular complexity index is 327. The second kappa shape index (κ2) is 7.28. The lowest BCUT2D eigenvalue weighted by molar-refractivity contribution is 0.190. The summed E-state index contributed by atoms with van der Waals surface area (Å²) in [5.41, 5.74) is 1.21. The fourth-order valence-electron chi connectivity index (χ4n) is 1.62. The molecule has 0 radical (unpaired) electrons. The van der Waals surface area contributed by atoms with Gasteiger partial charge in [0.25, 0.3) is 0 Å². The summed E-state index contributed by atoms with van der Waals surface area (Å²) in [6.07, 6.45) is 1.09. The Hall–Kier alpha value is -0.0900. The predicted molar refractivity (Wildman–Crippen MR) is 71.8 cm³/mol. The Balaban J connectivity index is 2.65. The van der Waals surface area contributed by atoms with Crippen molar-refractivity contribution in [2.45, 2.75) is 19.9 Å². The van der Waals surface area contributed by atoms with Crippen LogP contribution in [0.1, 0.15) is 18.9 Å². The van der Waals surface area contributed by atoms with Crippen LogP contribution in [0.25, 0.3) is 0 Å². The molecule has 0 unspecified atom stereocenters. The molecular weight excluding hydrogens is 289 g/mol. The average Bonchev–Trinajstić information content (AvgIpc) is 2.24. The minimum Gasteiger partial charge on any atom is -0.395 e. The van der Waals surface area contributed by atoms with E-state index in [4.69, 9.17) is 16.7 Å². The third kappa shape index (κ3) is 4.42. The summed E-state index contributed by atoms with van der Waals surface area (Å²) in [7, 11) is 0. The monoisotopic (exact) mass is 305 g/mol. The van der Waals surface area contributed by atoms with Crippen LogP contribution in [0.15, 0.2) is 22.7 Å². The second-order valence-electron chi connectivity index (χ2n) is 3.75. The molecule has 0 amide bonds. The minimum atomic E-state index is 0.203. The van der Waals surface area contributed by atoms with Crippen molar-refractivity contribution < 1.29 is 5.11 Å². The van der Waals surface area contributed by atoms with Crippen LogP contribution in [0.5, 0.6) is 0 Å². The van der Waals surface area contributed by atoms with Gasteiger partial charge >= 0.3 is 0 Å². The standard InChI is InChI=1S/C12H17BrClNO/c1-2-5-15(6-7-16)9-10-3-4-12(14)11(13)8-10/h3-4,8,16H,2,5-7,9H2,1H3. The van der Waals surface area contributed by atoms with E-state index in [1.54, 1.807) is 0 Å². The Morgan fingerprint density at radius 2 is 2.12 bits per heavy atom. The Morgan fingerprint density at radius 3 is 2.69 bits per heavy atom. The van der Waals surface area contributed by atoms with Gasteiger partial charge in [0, 0.05) is 17.6 Å². The fraction of sp³-hybridized carbons (Fsp3) is 0.500. The molecule has 0 aliphatic heterocycles. The number of rotatable bonds is 6. The van der Waals surface area contributed by atoms with Gasteiger partial charge < -0.3 is 5.11 Å². The van der Waals surface area contributed by atoms with Gasteiger partial charge in [0.2, 0.25) is 0 Å². The zero-order valence-electron chi connectivity index (χ0n) is 9.42. The van der Waals surface area contributed by atoms with Crippen molar-refractivity contribution in [3.05, 3.63) is 33.3 Å². The third-order valence-electron chi connectivity index (χ3n) is 2.35. The number of aliphatic hydroxyl groups is 1. The van der Waals surface area contributed by atoms with Gasteiger partial charge in [0.05, 0.1) is 11.6 Å². The predicted octanol–water partition coefficient (Wildman–Crippen LogP) is 3.31. The number of benzene rings is 1. The molecule has 16 heavy (non-hydrogen) atoms. The molecule has 0 fully saturated rings. The zero-order valence-corrected chi connectivity index (χ0v) is 11.8. The molecule has 4 heteroatoms. The van der Waals surface area contributed by atoms with Crippen LogP contribution in [0.3, 0.4) is 0 Å². The molecule has 0 bridgehead atoms. The molecule has 0 saturated heterocycles. The highest BCUT2D eigenvalue weighted by molar-refractivity contribution is 9.10. The number of aliphatic hydroxyl groups excluding tert-OH is 1. The topological polar surface area (TPSA) is 23.5 Å². The molecule has 0 aliphatic rings. The van der Waals surface area contributed by atoms with Crippen molar-refractivity contribution in [1.29, 1.82) is 0 Å². The largest absolute Gasteiger partial charge is 0.395 e. The maximum atomic E-state index is 8.97. The summed E-state index contributed by atoms with van der Waals surface area (Å²) >= 11 is 9.35. The summed E-state index contributed by atoms with van der Waals surface area (Å²) in [4.78, 5) is 2.23. The Labute approximate surface area is 110 Å². The van der Waals surface area contributed by atoms with Crippen LogP contribution in [0.4, 0.5) is 0 Å². The lowest BCUT2D eigenvalue weighted by Crippen LogP contribution is -2.27. The SMILES string of the molecule is CCCN(CCO)Cc1ccc(Cl)c(Br)c1. The van der Waals surface area contributed by atoms with E-state index in [0.717, 1.165) is 29.0 Å². The molecule has 0 aliphatic carbocycles. The Kier molecular flexibility index (Phi) is 6.36. The summed E-state index contributed by atoms with van der Waals surface area (Å²) in [5, 5.41) is 9.70. The van der Waals surface area contributed by atoms with Crippen molar-refractivity contribution in [1.82, 2.24) is 4.90 Å². The van der Waals surface area contributed by atoms with E-state index in [2.05, 4.69) is 27.8 Å². The van der Waals surface area contributed by atoms with Crippen molar-refractivity contribution in [2.75, 3.05) is 19.7 Å². The second-order valence-corrected chi connectivity index (χ2v) is 5.01. The molecule has 1 aromatic rings. The van der Waals surface area contributed by atoms with Gasteiger partial charge in [0.15, 0.2) is 0 Å². The maximum absolute atomic E-state index is 8.97. The lowest BCUT2D eigenvalue weighted by Gasteiger charge is -2.20. The highest BCUT2D eigenvalue weighted by Crippen LogP contribution is 2.23. The molecule has 1 rings (SSSR count). The molecule has 0 atom stereocenters. The summed E-state index contributed by atoms with van der Waals surface area (Å²) in [6.45, 7) is 4.91. The molecule has 1 aromatic carbocycles. The van der Waals surface area contributed by atoms with E-state index in [1.165, 1.54) is 5.56 Å². The number of hydrogen-bond donors (Lipinski definition) is 1. The fourth-order valence-corrected chi connectivity index (χ4v) is 2.17. The van der Waals surface area contributed by atoms with Crippen LogP contribution in [-0.4, -0.2) is 29.7 Å². The normalized spacial score (nSPS) is 11.1. The van der Waals surface area contributed by atoms with Crippen molar-refractivity contribution in [2.24, 2.45) is 0 Å². The molecule has 0 aromatic heterocycles. The van der Waals surface area contributed by atoms with E-state index < -0.39 is 0 Å². The van der Waals surface area contributed by atoms with Crippen LogP contribution < -0.4 is 0 Å². The van der Waals surface area contributed by atoms with E-state index >= 15 is 0 Å². The van der Waals surface area contributed by atoms with Crippen LogP contribution in [-0.2, 0) is 6.54 Å². The maximum Gasteiger partial charge on any atom is 0.0558 e. The van der Waals surface area contributed by atoms with Crippen molar-refractivity contribution in [3.8, 4) is 0 Å². The van der Waals surface area contributed by atoms with Gasteiger partial charge in [-0.15, -0.1) is 0 Å². The quantitative estimate of drug-likeness (QED) is 0.871. The van der Waals surface area contributed by atoms with E-state index in [1.807, 2.05) is 18.2 Å². The molecule has 1 N–H and O–H groups in total. The summed E-state index contributed by atoms with van der Waals surface area (Å²) in [6, 6.07) is 5.94. The average molecular weight is 307 g/mol. The number of hydrogen-bond acceptors (Lipinski definition) is 2. The molecule has 90 valence electrons. The van der Waals surface area contributed by atoms with E-state index in [-0.39, 0.29) is 6.61 Å². The summed E-state index contributed by atoms with van der Waals surface area (Å²) < 4.78 is 0.923. The summed E-state index contributed by atoms with van der Waals surface area (Å²) in [5.74, 6) is 0. The van der Waals surface area contributed by atoms with Gasteiger partial charge in [-0.05, 0) is 46.6 Å². The molecule has 0 heterocycles. The van der Waals surface area contributed by atoms with Gasteiger partial charge in [0.1, 0.15) is 0 Å².